The van der Waals surface area contributed by atoms with Crippen LogP contribution >= 0.6 is 7.82 Å². The van der Waals surface area contributed by atoms with E-state index in [-0.39, 0.29) is 25.8 Å². The molecule has 9 heteroatoms. The Labute approximate surface area is 327 Å². The molecule has 0 saturated carbocycles. The van der Waals surface area contributed by atoms with Crippen LogP contribution in [0, 0.1) is 0 Å². The van der Waals surface area contributed by atoms with Gasteiger partial charge >= 0.3 is 5.97 Å². The number of unbranched alkanes of at least 4 members (excludes halogenated alkanes) is 22. The van der Waals surface area contributed by atoms with Crippen LogP contribution in [0.4, 0.5) is 0 Å². The number of quaternary nitrogens is 1. The van der Waals surface area contributed by atoms with Gasteiger partial charge in [-0.15, -0.1) is 0 Å². The van der Waals surface area contributed by atoms with Crippen LogP contribution in [0.3, 0.4) is 0 Å². The predicted molar refractivity (Wildman–Crippen MR) is 222 cm³/mol. The molecule has 0 aliphatic heterocycles. The van der Waals surface area contributed by atoms with Crippen molar-refractivity contribution in [2.45, 2.75) is 193 Å². The number of hydrogen-bond acceptors (Lipinski definition) is 7. The molecule has 0 heterocycles. The lowest BCUT2D eigenvalue weighted by Crippen LogP contribution is -2.37. The maximum Gasteiger partial charge on any atom is 0.306 e. The maximum atomic E-state index is 12.6. The molecule has 0 rings (SSSR count). The van der Waals surface area contributed by atoms with Crippen molar-refractivity contribution in [2.75, 3.05) is 47.5 Å². The van der Waals surface area contributed by atoms with Gasteiger partial charge in [0.15, 0.2) is 6.10 Å². The standard InChI is InChI=1S/C44H84NO7P/c1-6-8-10-12-14-16-18-20-22-24-26-28-30-32-34-36-39-49-41-43(42-51-53(47,48)50-40-38-45(3,4)5)52-44(46)37-35-33-31-29-27-25-23-21-19-17-15-13-11-9-7-2/h17,19-20,22,36,39,43H,6-16,18,21,23-35,37-38,40-42H2,1-5H3/b19-17-,22-20-,39-36-/t43-/m1/s1. The fourth-order valence-corrected chi connectivity index (χ4v) is 6.52. The van der Waals surface area contributed by atoms with Crippen LogP contribution in [0.1, 0.15) is 187 Å². The second-order valence-corrected chi connectivity index (χ2v) is 17.2. The molecule has 0 amide bonds. The summed E-state index contributed by atoms with van der Waals surface area (Å²) in [5.41, 5.74) is 0. The van der Waals surface area contributed by atoms with Crippen molar-refractivity contribution < 1.29 is 37.3 Å². The summed E-state index contributed by atoms with van der Waals surface area (Å²) < 4.78 is 34.3. The smallest absolute Gasteiger partial charge is 0.306 e. The molecule has 0 aliphatic carbocycles. The fourth-order valence-electron chi connectivity index (χ4n) is 5.79. The van der Waals surface area contributed by atoms with E-state index >= 15 is 0 Å². The molecule has 312 valence electrons. The van der Waals surface area contributed by atoms with Crippen LogP contribution in [0.2, 0.25) is 0 Å². The first kappa shape index (κ1) is 51.6. The second-order valence-electron chi connectivity index (χ2n) is 15.8. The Hall–Kier alpha value is -1.44. The molecule has 0 aromatic carbocycles. The predicted octanol–water partition coefficient (Wildman–Crippen LogP) is 12.3. The number of carbonyl (C=O) groups excluding carboxylic acids is 1. The van der Waals surface area contributed by atoms with E-state index in [0.717, 1.165) is 38.5 Å². The number of rotatable bonds is 40. The third kappa shape index (κ3) is 41.6. The minimum absolute atomic E-state index is 0.0141. The molecule has 0 aromatic heterocycles. The Morgan fingerprint density at radius 2 is 1.00 bits per heavy atom. The molecular weight excluding hydrogens is 685 g/mol. The van der Waals surface area contributed by atoms with Gasteiger partial charge in [-0.2, -0.15) is 0 Å². The summed E-state index contributed by atoms with van der Waals surface area (Å²) in [4.78, 5) is 25.0. The van der Waals surface area contributed by atoms with Crippen LogP contribution in [-0.2, 0) is 27.9 Å². The van der Waals surface area contributed by atoms with Crippen molar-refractivity contribution in [1.29, 1.82) is 0 Å². The van der Waals surface area contributed by atoms with E-state index in [4.69, 9.17) is 18.5 Å². The van der Waals surface area contributed by atoms with Crippen molar-refractivity contribution in [3.63, 3.8) is 0 Å². The summed E-state index contributed by atoms with van der Waals surface area (Å²) >= 11 is 0. The molecule has 2 atom stereocenters. The number of allylic oxidation sites excluding steroid dienone is 5. The fraction of sp³-hybridized carbons (Fsp3) is 0.841. The van der Waals surface area contributed by atoms with Gasteiger partial charge in [0.1, 0.15) is 19.8 Å². The van der Waals surface area contributed by atoms with Crippen molar-refractivity contribution in [3.05, 3.63) is 36.6 Å². The topological polar surface area (TPSA) is 94.1 Å². The van der Waals surface area contributed by atoms with E-state index in [1.165, 1.54) is 128 Å². The summed E-state index contributed by atoms with van der Waals surface area (Å²) in [7, 11) is 1.32. The average molecular weight is 770 g/mol. The highest BCUT2D eigenvalue weighted by Gasteiger charge is 2.20. The Morgan fingerprint density at radius 1 is 0.585 bits per heavy atom. The largest absolute Gasteiger partial charge is 0.756 e. The molecule has 0 N–H and O–H groups in total. The SMILES string of the molecule is CCCCCC/C=C\CCCCCCCCCC(=O)O[C@H](CO/C=C\CCCCCC/C=C\CCCCCCCC)COP(=O)([O-])OCC[N+](C)(C)C. The Bertz CT molecular complexity index is 947. The first-order chi connectivity index (χ1) is 25.6. The molecule has 0 fully saturated rings. The van der Waals surface area contributed by atoms with E-state index in [1.807, 2.05) is 27.2 Å². The van der Waals surface area contributed by atoms with E-state index < -0.39 is 13.9 Å². The van der Waals surface area contributed by atoms with E-state index in [2.05, 4.69) is 38.2 Å². The molecular formula is C44H84NO7P. The van der Waals surface area contributed by atoms with Crippen LogP contribution in [0.15, 0.2) is 36.6 Å². The van der Waals surface area contributed by atoms with E-state index in [9.17, 15) is 14.3 Å². The van der Waals surface area contributed by atoms with Crippen molar-refractivity contribution in [3.8, 4) is 0 Å². The normalized spacial score (nSPS) is 14.1. The summed E-state index contributed by atoms with van der Waals surface area (Å²) in [6.07, 6.45) is 43.9. The highest BCUT2D eigenvalue weighted by Crippen LogP contribution is 2.38. The van der Waals surface area contributed by atoms with Gasteiger partial charge in [0.25, 0.3) is 7.82 Å². The lowest BCUT2D eigenvalue weighted by molar-refractivity contribution is -0.870. The highest BCUT2D eigenvalue weighted by atomic mass is 31.2. The molecule has 0 spiro atoms. The number of phosphoric ester groups is 1. The van der Waals surface area contributed by atoms with Gasteiger partial charge in [-0.1, -0.05) is 134 Å². The first-order valence-electron chi connectivity index (χ1n) is 21.8. The Kier molecular flexibility index (Phi) is 36.5. The summed E-state index contributed by atoms with van der Waals surface area (Å²) in [6, 6.07) is 0. The Morgan fingerprint density at radius 3 is 1.47 bits per heavy atom. The zero-order valence-electron chi connectivity index (χ0n) is 35.2. The van der Waals surface area contributed by atoms with Crippen molar-refractivity contribution in [1.82, 2.24) is 0 Å². The number of nitrogens with zero attached hydrogens (tertiary/aromatic N) is 1. The third-order valence-electron chi connectivity index (χ3n) is 9.23. The number of phosphoric acid groups is 1. The van der Waals surface area contributed by atoms with Crippen molar-refractivity contribution >= 4 is 13.8 Å². The van der Waals surface area contributed by atoms with Gasteiger partial charge in [-0.25, -0.2) is 0 Å². The molecule has 0 aromatic rings. The first-order valence-corrected chi connectivity index (χ1v) is 23.2. The maximum absolute atomic E-state index is 12.6. The molecule has 0 radical (unpaired) electrons. The zero-order valence-corrected chi connectivity index (χ0v) is 36.1. The molecule has 0 saturated heterocycles. The van der Waals surface area contributed by atoms with Crippen LogP contribution < -0.4 is 4.89 Å². The van der Waals surface area contributed by atoms with Gasteiger partial charge in [0.2, 0.25) is 0 Å². The lowest BCUT2D eigenvalue weighted by atomic mass is 10.1. The van der Waals surface area contributed by atoms with E-state index in [0.29, 0.717) is 17.4 Å². The number of carbonyl (C=O) groups is 1. The summed E-state index contributed by atoms with van der Waals surface area (Å²) in [6.45, 7) is 4.70. The van der Waals surface area contributed by atoms with Gasteiger partial charge in [0.05, 0.1) is 34.0 Å². The summed E-state index contributed by atoms with van der Waals surface area (Å²) in [5.74, 6) is -0.364. The van der Waals surface area contributed by atoms with Gasteiger partial charge in [-0.3, -0.25) is 9.36 Å². The second kappa shape index (κ2) is 37.5. The zero-order chi connectivity index (χ0) is 39.1. The molecule has 0 bridgehead atoms. The third-order valence-corrected chi connectivity index (χ3v) is 10.2. The number of hydrogen-bond donors (Lipinski definition) is 0. The van der Waals surface area contributed by atoms with Crippen LogP contribution in [0.5, 0.6) is 0 Å². The highest BCUT2D eigenvalue weighted by molar-refractivity contribution is 7.45. The summed E-state index contributed by atoms with van der Waals surface area (Å²) in [5, 5.41) is 0. The number of ether oxygens (including phenoxy) is 2. The van der Waals surface area contributed by atoms with Crippen LogP contribution in [-0.4, -0.2) is 64.1 Å². The average Bonchev–Trinajstić information content (AvgIpc) is 3.11. The molecule has 53 heavy (non-hydrogen) atoms. The van der Waals surface area contributed by atoms with Crippen molar-refractivity contribution in [2.24, 2.45) is 0 Å². The monoisotopic (exact) mass is 770 g/mol. The van der Waals surface area contributed by atoms with E-state index in [1.54, 1.807) is 6.26 Å². The quantitative estimate of drug-likeness (QED) is 0.0153. The van der Waals surface area contributed by atoms with Gasteiger partial charge in [-0.05, 0) is 76.7 Å². The number of likely N-dealkylation sites (N-methyl/N-ethyl adjacent to an activating group) is 1. The minimum Gasteiger partial charge on any atom is -0.756 e. The minimum atomic E-state index is -4.54. The van der Waals surface area contributed by atoms with Gasteiger partial charge in [0, 0.05) is 6.42 Å². The van der Waals surface area contributed by atoms with Crippen LogP contribution in [0.25, 0.3) is 0 Å². The lowest BCUT2D eigenvalue weighted by Gasteiger charge is -2.28. The van der Waals surface area contributed by atoms with Gasteiger partial charge < -0.3 is 27.9 Å². The molecule has 0 aliphatic rings. The number of esters is 1. The Balaban J connectivity index is 4.32. The molecule has 8 nitrogen and oxygen atoms in total. The molecule has 1 unspecified atom stereocenters.